The number of benzene rings is 1. The van der Waals surface area contributed by atoms with E-state index in [4.69, 9.17) is 4.74 Å². The maximum absolute atomic E-state index is 12.9. The van der Waals surface area contributed by atoms with Crippen LogP contribution in [0.5, 0.6) is 0 Å². The van der Waals surface area contributed by atoms with Crippen LogP contribution < -0.4 is 4.72 Å². The molecule has 1 aliphatic rings. The first-order valence-corrected chi connectivity index (χ1v) is 10.5. The number of amides is 1. The SMILES string of the molecule is C[C@H](OC(=O)CCCNS(=O)(=O)c1ccc(F)cc1)C(=O)N1CCCCC1. The summed E-state index contributed by atoms with van der Waals surface area (Å²) >= 11 is 0. The highest BCUT2D eigenvalue weighted by molar-refractivity contribution is 7.89. The van der Waals surface area contributed by atoms with Crippen LogP contribution in [0.15, 0.2) is 29.2 Å². The van der Waals surface area contributed by atoms with Crippen molar-refractivity contribution in [2.45, 2.75) is 50.0 Å². The average Bonchev–Trinajstić information content (AvgIpc) is 2.65. The summed E-state index contributed by atoms with van der Waals surface area (Å²) < 4.78 is 44.4. The molecule has 9 heteroatoms. The number of likely N-dealkylation sites (tertiary alicyclic amines) is 1. The minimum Gasteiger partial charge on any atom is -0.453 e. The summed E-state index contributed by atoms with van der Waals surface area (Å²) in [5, 5.41) is 0. The molecule has 2 rings (SSSR count). The molecule has 0 unspecified atom stereocenters. The number of esters is 1. The molecule has 1 aromatic rings. The van der Waals surface area contributed by atoms with E-state index in [0.29, 0.717) is 13.1 Å². The molecule has 1 saturated heterocycles. The molecule has 0 spiro atoms. The van der Waals surface area contributed by atoms with Gasteiger partial charge in [-0.15, -0.1) is 0 Å². The summed E-state index contributed by atoms with van der Waals surface area (Å²) in [5.41, 5.74) is 0. The number of nitrogens with one attached hydrogen (secondary N) is 1. The molecule has 1 aliphatic heterocycles. The first-order valence-electron chi connectivity index (χ1n) is 9.03. The molecule has 150 valence electrons. The minimum atomic E-state index is -3.76. The molecular formula is C18H25FN2O5S. The van der Waals surface area contributed by atoms with E-state index in [1.807, 2.05) is 0 Å². The molecule has 0 aliphatic carbocycles. The van der Waals surface area contributed by atoms with E-state index >= 15 is 0 Å². The summed E-state index contributed by atoms with van der Waals surface area (Å²) in [5.74, 6) is -1.26. The van der Waals surface area contributed by atoms with Gasteiger partial charge in [0.2, 0.25) is 10.0 Å². The summed E-state index contributed by atoms with van der Waals surface area (Å²) in [6, 6.07) is 4.46. The van der Waals surface area contributed by atoms with Crippen molar-refractivity contribution in [1.82, 2.24) is 9.62 Å². The number of hydrogen-bond donors (Lipinski definition) is 1. The van der Waals surface area contributed by atoms with Crippen molar-refractivity contribution in [3.8, 4) is 0 Å². The van der Waals surface area contributed by atoms with Crippen molar-refractivity contribution in [3.63, 3.8) is 0 Å². The number of nitrogens with zero attached hydrogens (tertiary/aromatic N) is 1. The Morgan fingerprint density at radius 3 is 2.44 bits per heavy atom. The van der Waals surface area contributed by atoms with E-state index in [2.05, 4.69) is 4.72 Å². The van der Waals surface area contributed by atoms with Crippen LogP contribution in [0, 0.1) is 5.82 Å². The van der Waals surface area contributed by atoms with Gasteiger partial charge in [0, 0.05) is 26.1 Å². The first-order chi connectivity index (χ1) is 12.8. The zero-order chi connectivity index (χ0) is 19.9. The van der Waals surface area contributed by atoms with Gasteiger partial charge in [-0.3, -0.25) is 9.59 Å². The summed E-state index contributed by atoms with van der Waals surface area (Å²) in [6.45, 7) is 2.95. The lowest BCUT2D eigenvalue weighted by atomic mass is 10.1. The number of rotatable bonds is 8. The quantitative estimate of drug-likeness (QED) is 0.531. The fraction of sp³-hybridized carbons (Fsp3) is 0.556. The molecule has 27 heavy (non-hydrogen) atoms. The molecule has 0 radical (unpaired) electrons. The average molecular weight is 400 g/mol. The number of piperidine rings is 1. The second-order valence-electron chi connectivity index (χ2n) is 6.47. The monoisotopic (exact) mass is 400 g/mol. The van der Waals surface area contributed by atoms with Gasteiger partial charge in [0.25, 0.3) is 5.91 Å². The zero-order valence-electron chi connectivity index (χ0n) is 15.3. The Hall–Kier alpha value is -2.00. The molecule has 1 aromatic carbocycles. The number of carbonyl (C=O) groups is 2. The number of halogens is 1. The van der Waals surface area contributed by atoms with E-state index in [9.17, 15) is 22.4 Å². The number of hydrogen-bond acceptors (Lipinski definition) is 5. The molecule has 0 bridgehead atoms. The third kappa shape index (κ3) is 6.59. The standard InChI is InChI=1S/C18H25FN2O5S/c1-14(18(23)21-12-3-2-4-13-21)26-17(22)6-5-11-20-27(24,25)16-9-7-15(19)8-10-16/h7-10,14,20H,2-6,11-13H2,1H3/t14-/m0/s1. The Bertz CT molecular complexity index is 746. The highest BCUT2D eigenvalue weighted by atomic mass is 32.2. The molecule has 1 amide bonds. The van der Waals surface area contributed by atoms with Gasteiger partial charge in [0.1, 0.15) is 5.82 Å². The van der Waals surface area contributed by atoms with Crippen molar-refractivity contribution in [3.05, 3.63) is 30.1 Å². The Balaban J connectivity index is 1.70. The van der Waals surface area contributed by atoms with E-state index in [1.165, 1.54) is 12.1 Å². The smallest absolute Gasteiger partial charge is 0.306 e. The lowest BCUT2D eigenvalue weighted by Crippen LogP contribution is -2.42. The normalized spacial score (nSPS) is 16.0. The third-order valence-corrected chi connectivity index (χ3v) is 5.77. The van der Waals surface area contributed by atoms with Crippen LogP contribution in [-0.2, 0) is 24.3 Å². The molecule has 1 N–H and O–H groups in total. The maximum Gasteiger partial charge on any atom is 0.306 e. The maximum atomic E-state index is 12.9. The molecular weight excluding hydrogens is 375 g/mol. The molecule has 7 nitrogen and oxygen atoms in total. The summed E-state index contributed by atoms with van der Waals surface area (Å²) in [6.07, 6.45) is 2.40. The number of carbonyl (C=O) groups excluding carboxylic acids is 2. The predicted molar refractivity (Wildman–Crippen MR) is 96.8 cm³/mol. The Morgan fingerprint density at radius 1 is 1.19 bits per heavy atom. The van der Waals surface area contributed by atoms with E-state index in [1.54, 1.807) is 11.8 Å². The first kappa shape index (κ1) is 21.3. The second-order valence-corrected chi connectivity index (χ2v) is 8.24. The van der Waals surface area contributed by atoms with Crippen LogP contribution in [0.25, 0.3) is 0 Å². The molecule has 1 heterocycles. The highest BCUT2D eigenvalue weighted by Crippen LogP contribution is 2.12. The lowest BCUT2D eigenvalue weighted by Gasteiger charge is -2.28. The van der Waals surface area contributed by atoms with Crippen LogP contribution in [-0.4, -0.2) is 50.9 Å². The molecule has 0 saturated carbocycles. The van der Waals surface area contributed by atoms with Crippen molar-refractivity contribution in [2.24, 2.45) is 0 Å². The fourth-order valence-corrected chi connectivity index (χ4v) is 3.89. The largest absolute Gasteiger partial charge is 0.453 e. The Kier molecular flexibility index (Phi) is 7.73. The number of sulfonamides is 1. The van der Waals surface area contributed by atoms with Crippen LogP contribution in [0.4, 0.5) is 4.39 Å². The molecule has 0 aromatic heterocycles. The Morgan fingerprint density at radius 2 is 1.81 bits per heavy atom. The summed E-state index contributed by atoms with van der Waals surface area (Å²) in [7, 11) is -3.76. The summed E-state index contributed by atoms with van der Waals surface area (Å²) in [4.78, 5) is 25.7. The van der Waals surface area contributed by atoms with E-state index < -0.39 is 27.9 Å². The number of ether oxygens (including phenoxy) is 1. The van der Waals surface area contributed by atoms with Crippen molar-refractivity contribution >= 4 is 21.9 Å². The molecule has 1 atom stereocenters. The van der Waals surface area contributed by atoms with Gasteiger partial charge in [-0.2, -0.15) is 0 Å². The molecule has 1 fully saturated rings. The van der Waals surface area contributed by atoms with Gasteiger partial charge in [0.05, 0.1) is 4.90 Å². The van der Waals surface area contributed by atoms with Gasteiger partial charge in [-0.1, -0.05) is 0 Å². The fourth-order valence-electron chi connectivity index (χ4n) is 2.81. The van der Waals surface area contributed by atoms with Gasteiger partial charge in [-0.25, -0.2) is 17.5 Å². The second kappa shape index (κ2) is 9.80. The van der Waals surface area contributed by atoms with Crippen LogP contribution >= 0.6 is 0 Å². The lowest BCUT2D eigenvalue weighted by molar-refractivity contribution is -0.159. The van der Waals surface area contributed by atoms with E-state index in [-0.39, 0.29) is 30.2 Å². The predicted octanol–water partition coefficient (Wildman–Crippen LogP) is 1.83. The van der Waals surface area contributed by atoms with Gasteiger partial charge >= 0.3 is 5.97 Å². The Labute approximate surface area is 158 Å². The van der Waals surface area contributed by atoms with Gasteiger partial charge in [0.15, 0.2) is 6.10 Å². The van der Waals surface area contributed by atoms with Crippen LogP contribution in [0.1, 0.15) is 39.0 Å². The highest BCUT2D eigenvalue weighted by Gasteiger charge is 2.24. The van der Waals surface area contributed by atoms with Crippen molar-refractivity contribution in [1.29, 1.82) is 0 Å². The zero-order valence-corrected chi connectivity index (χ0v) is 16.1. The van der Waals surface area contributed by atoms with Crippen LogP contribution in [0.2, 0.25) is 0 Å². The third-order valence-electron chi connectivity index (χ3n) is 4.30. The van der Waals surface area contributed by atoms with Gasteiger partial charge < -0.3 is 9.64 Å². The van der Waals surface area contributed by atoms with E-state index in [0.717, 1.165) is 31.4 Å². The van der Waals surface area contributed by atoms with Crippen molar-refractivity contribution < 1.29 is 27.1 Å². The van der Waals surface area contributed by atoms with Crippen LogP contribution in [0.3, 0.4) is 0 Å². The minimum absolute atomic E-state index is 0.0104. The topological polar surface area (TPSA) is 92.8 Å². The van der Waals surface area contributed by atoms with Crippen molar-refractivity contribution in [2.75, 3.05) is 19.6 Å². The van der Waals surface area contributed by atoms with Gasteiger partial charge in [-0.05, 0) is 56.9 Å².